The van der Waals surface area contributed by atoms with Crippen molar-refractivity contribution in [1.29, 1.82) is 0 Å². The Labute approximate surface area is 241 Å². The minimum Gasteiger partial charge on any atom is -0.482 e. The molecule has 1 aliphatic carbocycles. The monoisotopic (exact) mass is 583 g/mol. The number of fused-ring (bicyclic) bond motifs is 3. The van der Waals surface area contributed by atoms with Crippen molar-refractivity contribution in [2.75, 3.05) is 11.9 Å². The van der Waals surface area contributed by atoms with E-state index in [1.165, 1.54) is 10.5 Å². The van der Waals surface area contributed by atoms with Crippen LogP contribution in [0.25, 0.3) is 17.2 Å². The normalized spacial score (nSPS) is 15.4. The molecule has 210 valence electrons. The number of ether oxygens (including phenoxy) is 1. The van der Waals surface area contributed by atoms with Crippen molar-refractivity contribution >= 4 is 41.4 Å². The number of benzene rings is 2. The van der Waals surface area contributed by atoms with Crippen LogP contribution in [0.5, 0.6) is 5.75 Å². The summed E-state index contributed by atoms with van der Waals surface area (Å²) in [5.41, 5.74) is 4.27. The van der Waals surface area contributed by atoms with Crippen LogP contribution in [-0.2, 0) is 17.8 Å². The number of anilines is 1. The predicted octanol–water partition coefficient (Wildman–Crippen LogP) is 1.65. The number of aromatic amines is 2. The second-order valence-corrected chi connectivity index (χ2v) is 10.1. The number of aryl methyl sites for hydroxylation is 1. The summed E-state index contributed by atoms with van der Waals surface area (Å²) in [6, 6.07) is 12.2. The molecule has 0 unspecified atom stereocenters. The third kappa shape index (κ3) is 4.62. The number of rotatable bonds is 6. The molecule has 42 heavy (non-hydrogen) atoms. The van der Waals surface area contributed by atoms with E-state index in [9.17, 15) is 14.4 Å². The number of carbonyl (C=O) groups is 3. The molecule has 0 saturated heterocycles. The van der Waals surface area contributed by atoms with E-state index in [-0.39, 0.29) is 47.0 Å². The molecular weight excluding hydrogens is 562 g/mol. The molecule has 16 heteroatoms. The van der Waals surface area contributed by atoms with Crippen LogP contribution in [0.15, 0.2) is 42.5 Å². The fourth-order valence-electron chi connectivity index (χ4n) is 5.13. The molecule has 3 aromatic heterocycles. The Hall–Kier alpha value is -5.51. The lowest BCUT2D eigenvalue weighted by Crippen LogP contribution is -2.30. The first-order chi connectivity index (χ1) is 20.4. The minimum atomic E-state index is -0.515. The molecule has 1 aliphatic heterocycles. The van der Waals surface area contributed by atoms with Crippen molar-refractivity contribution < 1.29 is 19.1 Å². The highest BCUT2D eigenvalue weighted by Crippen LogP contribution is 2.34. The number of H-pyrrole nitrogens is 2. The van der Waals surface area contributed by atoms with Gasteiger partial charge in [0, 0.05) is 12.1 Å². The number of nitrogens with one attached hydrogen (secondary N) is 5. The topological polar surface area (TPSA) is 197 Å². The van der Waals surface area contributed by atoms with Gasteiger partial charge in [0.15, 0.2) is 6.61 Å². The molecule has 2 aromatic carbocycles. The van der Waals surface area contributed by atoms with E-state index in [0.717, 1.165) is 28.7 Å². The van der Waals surface area contributed by atoms with Crippen LogP contribution in [0.3, 0.4) is 0 Å². The van der Waals surface area contributed by atoms with Crippen LogP contribution < -0.4 is 20.7 Å². The molecule has 7 rings (SSSR count). The largest absolute Gasteiger partial charge is 0.482 e. The van der Waals surface area contributed by atoms with Crippen molar-refractivity contribution in [3.63, 3.8) is 0 Å². The first kappa shape index (κ1) is 25.5. The van der Waals surface area contributed by atoms with E-state index in [1.54, 1.807) is 18.2 Å². The Bertz CT molecular complexity index is 1950. The SMILES string of the molecule is O=C1COc2ccc(CNC(=O)c3cc(C(=O)N[C@H]4CCc5cc(-c6nn[nH]n6)ccc54)n4c(=S)[nH]nc4n3)cc2N1. The van der Waals surface area contributed by atoms with E-state index in [1.807, 2.05) is 18.2 Å². The van der Waals surface area contributed by atoms with Crippen molar-refractivity contribution in [2.24, 2.45) is 0 Å². The minimum absolute atomic E-state index is 0.00665. The fourth-order valence-corrected chi connectivity index (χ4v) is 5.36. The number of carbonyl (C=O) groups excluding carboxylic acids is 3. The standard InChI is InChI=1S/C26H21N11O4S/c38-21-11-41-20-6-1-12(7-17(20)28-21)10-27-23(39)18-9-19(37-25(30-18)33-34-26(37)42)24(40)29-16-5-3-13-8-14(2-4-15(13)16)22-31-35-36-32-22/h1-2,4,6-9,16H,3,5,10-11H2,(H,27,39)(H,28,38)(H,29,40)(H,34,42)(H,31,32,35,36)/t16-/m0/s1. The number of nitrogens with zero attached hydrogens (tertiary/aromatic N) is 6. The van der Waals surface area contributed by atoms with E-state index < -0.39 is 11.8 Å². The molecular formula is C26H21N11O4S. The maximum atomic E-state index is 13.6. The van der Waals surface area contributed by atoms with E-state index in [4.69, 9.17) is 17.0 Å². The van der Waals surface area contributed by atoms with Gasteiger partial charge >= 0.3 is 0 Å². The molecule has 0 fully saturated rings. The fraction of sp³-hybridized carbons (Fsp3) is 0.192. The van der Waals surface area contributed by atoms with Crippen molar-refractivity contribution in [3.8, 4) is 17.1 Å². The molecule has 5 aromatic rings. The van der Waals surface area contributed by atoms with Gasteiger partial charge in [-0.2, -0.15) is 5.21 Å². The van der Waals surface area contributed by atoms with E-state index in [2.05, 4.69) is 51.8 Å². The van der Waals surface area contributed by atoms with Gasteiger partial charge in [-0.3, -0.25) is 14.4 Å². The molecule has 0 bridgehead atoms. The van der Waals surface area contributed by atoms with Gasteiger partial charge in [-0.1, -0.05) is 18.2 Å². The van der Waals surface area contributed by atoms with Gasteiger partial charge in [0.2, 0.25) is 10.6 Å². The maximum absolute atomic E-state index is 13.6. The van der Waals surface area contributed by atoms with Crippen LogP contribution >= 0.6 is 12.2 Å². The van der Waals surface area contributed by atoms with Crippen LogP contribution in [0.4, 0.5) is 5.69 Å². The van der Waals surface area contributed by atoms with Crippen molar-refractivity contribution in [1.82, 2.24) is 50.8 Å². The highest BCUT2D eigenvalue weighted by atomic mass is 32.1. The average molecular weight is 584 g/mol. The van der Waals surface area contributed by atoms with Gasteiger partial charge in [0.25, 0.3) is 23.5 Å². The zero-order chi connectivity index (χ0) is 28.8. The van der Waals surface area contributed by atoms with Crippen LogP contribution in [0.2, 0.25) is 0 Å². The second kappa shape index (κ2) is 10.2. The molecule has 15 nitrogen and oxygen atoms in total. The summed E-state index contributed by atoms with van der Waals surface area (Å²) < 4.78 is 6.94. The summed E-state index contributed by atoms with van der Waals surface area (Å²) in [4.78, 5) is 42.7. The lowest BCUT2D eigenvalue weighted by atomic mass is 10.0. The second-order valence-electron chi connectivity index (χ2n) is 9.75. The molecule has 0 radical (unpaired) electrons. The molecule has 0 saturated carbocycles. The van der Waals surface area contributed by atoms with Gasteiger partial charge in [-0.05, 0) is 71.2 Å². The highest BCUT2D eigenvalue weighted by molar-refractivity contribution is 7.71. The van der Waals surface area contributed by atoms with Gasteiger partial charge in [0.05, 0.1) is 11.7 Å². The first-order valence-corrected chi connectivity index (χ1v) is 13.3. The summed E-state index contributed by atoms with van der Waals surface area (Å²) in [6.07, 6.45) is 1.45. The Balaban J connectivity index is 1.11. The van der Waals surface area contributed by atoms with Crippen molar-refractivity contribution in [2.45, 2.75) is 25.4 Å². The summed E-state index contributed by atoms with van der Waals surface area (Å²) in [5.74, 6) is -0.0579. The summed E-state index contributed by atoms with van der Waals surface area (Å²) in [5, 5.41) is 29.4. The van der Waals surface area contributed by atoms with Gasteiger partial charge < -0.3 is 20.7 Å². The number of amides is 3. The molecule has 4 heterocycles. The van der Waals surface area contributed by atoms with Crippen LogP contribution in [0.1, 0.15) is 50.1 Å². The number of tetrazole rings is 1. The van der Waals surface area contributed by atoms with Crippen LogP contribution in [0, 0.1) is 4.77 Å². The Kier molecular flexibility index (Phi) is 6.15. The third-order valence-electron chi connectivity index (χ3n) is 7.11. The quantitative estimate of drug-likeness (QED) is 0.183. The smallest absolute Gasteiger partial charge is 0.270 e. The molecule has 1 atom stereocenters. The van der Waals surface area contributed by atoms with E-state index >= 15 is 0 Å². The van der Waals surface area contributed by atoms with Gasteiger partial charge in [0.1, 0.15) is 17.1 Å². The maximum Gasteiger partial charge on any atom is 0.270 e. The Morgan fingerprint density at radius 3 is 2.88 bits per heavy atom. The summed E-state index contributed by atoms with van der Waals surface area (Å²) >= 11 is 5.34. The Morgan fingerprint density at radius 1 is 1.12 bits per heavy atom. The van der Waals surface area contributed by atoms with Gasteiger partial charge in [-0.15, -0.1) is 15.3 Å². The zero-order valence-electron chi connectivity index (χ0n) is 21.7. The van der Waals surface area contributed by atoms with Gasteiger partial charge in [-0.25, -0.2) is 14.5 Å². The summed E-state index contributed by atoms with van der Waals surface area (Å²) in [7, 11) is 0. The molecule has 2 aliphatic rings. The predicted molar refractivity (Wildman–Crippen MR) is 148 cm³/mol. The zero-order valence-corrected chi connectivity index (χ0v) is 22.5. The number of hydrogen-bond acceptors (Lipinski definition) is 10. The average Bonchev–Trinajstić information content (AvgIpc) is 3.76. The molecule has 5 N–H and O–H groups in total. The van der Waals surface area contributed by atoms with E-state index in [0.29, 0.717) is 23.7 Å². The lowest BCUT2D eigenvalue weighted by Gasteiger charge is -2.18. The van der Waals surface area contributed by atoms with Crippen molar-refractivity contribution in [3.05, 3.63) is 75.3 Å². The third-order valence-corrected chi connectivity index (χ3v) is 7.39. The number of hydrogen-bond donors (Lipinski definition) is 5. The molecule has 0 spiro atoms. The lowest BCUT2D eigenvalue weighted by molar-refractivity contribution is -0.118. The summed E-state index contributed by atoms with van der Waals surface area (Å²) in [6.45, 7) is 0.105. The highest BCUT2D eigenvalue weighted by Gasteiger charge is 2.27. The molecule has 3 amide bonds. The Morgan fingerprint density at radius 2 is 2.02 bits per heavy atom. The first-order valence-electron chi connectivity index (χ1n) is 12.9. The number of aromatic nitrogens is 8. The van der Waals surface area contributed by atoms with Crippen LogP contribution in [-0.4, -0.2) is 64.5 Å².